The number of hydrogen-bond acceptors (Lipinski definition) is 0. The molecule has 0 spiro atoms. The van der Waals surface area contributed by atoms with Crippen molar-refractivity contribution in [3.8, 4) is 0 Å². The second-order valence-corrected chi connectivity index (χ2v) is 26.2. The van der Waals surface area contributed by atoms with Gasteiger partial charge in [0.2, 0.25) is 0 Å². The van der Waals surface area contributed by atoms with Crippen molar-refractivity contribution in [1.82, 2.24) is 0 Å². The Labute approximate surface area is 235 Å². The molecule has 3 heteroatoms. The van der Waals surface area contributed by atoms with Gasteiger partial charge >= 0.3 is 236 Å². The first kappa shape index (κ1) is 36.5. The first-order valence-corrected chi connectivity index (χ1v) is 20.9. The van der Waals surface area contributed by atoms with Gasteiger partial charge in [0.25, 0.3) is 0 Å². The molecule has 0 N–H and O–H groups in total. The van der Waals surface area contributed by atoms with E-state index in [1.165, 1.54) is 51.5 Å². The van der Waals surface area contributed by atoms with Crippen molar-refractivity contribution in [2.24, 2.45) is 43.3 Å². The van der Waals surface area contributed by atoms with Crippen LogP contribution >= 0.6 is 13.5 Å². The Balaban J connectivity index is 4.94. The Hall–Kier alpha value is 1.52. The first-order chi connectivity index (χ1) is 15.2. The molecule has 0 aromatic rings. The van der Waals surface area contributed by atoms with Crippen LogP contribution in [0.2, 0.25) is 0 Å². The molecule has 0 saturated heterocycles. The van der Waals surface area contributed by atoms with Crippen molar-refractivity contribution in [1.29, 1.82) is 0 Å². The predicted octanol–water partition coefficient (Wildman–Crippen LogP) is 12.1. The van der Waals surface area contributed by atoms with Crippen molar-refractivity contribution in [3.63, 3.8) is 0 Å². The second kappa shape index (κ2) is 12.4. The van der Waals surface area contributed by atoms with E-state index < -0.39 is 0 Å². The van der Waals surface area contributed by atoms with E-state index >= 15 is 0 Å². The monoisotopic (exact) mass is 620 g/mol. The van der Waals surface area contributed by atoms with E-state index in [1.54, 1.807) is 0 Å². The average molecular weight is 621 g/mol. The summed E-state index contributed by atoms with van der Waals surface area (Å²) in [5.41, 5.74) is 2.49. The molecule has 0 aromatic heterocycles. The van der Waals surface area contributed by atoms with E-state index in [2.05, 4.69) is 125 Å². The van der Waals surface area contributed by atoms with Crippen LogP contribution in [-0.4, -0.2) is 12.3 Å². The molecule has 0 aromatic carbocycles. The SMILES string of the molecule is CC(C)(C)C(CCC[PH][Pd][PH]CCCC(C(C)(C)C)(C(C)(C)C)C(C)(C)C)(C(C)(C)C)C(C)(C)C. The Morgan fingerprint density at radius 3 is 0.743 bits per heavy atom. The van der Waals surface area contributed by atoms with Crippen LogP contribution < -0.4 is 0 Å². The van der Waals surface area contributed by atoms with Gasteiger partial charge in [-0.2, -0.15) is 0 Å². The fourth-order valence-corrected chi connectivity index (χ4v) is 18.4. The fourth-order valence-electron chi connectivity index (χ4n) is 9.94. The summed E-state index contributed by atoms with van der Waals surface area (Å²) in [5, 5.41) is 0. The quantitative estimate of drug-likeness (QED) is 0.129. The third-order valence-electron chi connectivity index (χ3n) is 9.41. The molecule has 0 heterocycles. The van der Waals surface area contributed by atoms with Crippen LogP contribution in [0.25, 0.3) is 0 Å². The molecule has 0 bridgehead atoms. The Morgan fingerprint density at radius 1 is 0.371 bits per heavy atom. The molecule has 35 heavy (non-hydrogen) atoms. The fraction of sp³-hybridized carbons (Fsp3) is 1.00. The van der Waals surface area contributed by atoms with Gasteiger partial charge in [-0.15, -0.1) is 0 Å². The molecule has 0 saturated carbocycles. The van der Waals surface area contributed by atoms with Crippen LogP contribution in [0.5, 0.6) is 0 Å². The molecule has 0 aliphatic rings. The van der Waals surface area contributed by atoms with E-state index in [0.717, 1.165) is 17.0 Å². The summed E-state index contributed by atoms with van der Waals surface area (Å²) in [7, 11) is 0. The van der Waals surface area contributed by atoms with Gasteiger partial charge in [0.1, 0.15) is 0 Å². The maximum absolute atomic E-state index is 2.49. The normalized spacial score (nSPS) is 16.4. The minimum atomic E-state index is 0.304. The molecular weight excluding hydrogens is 553 g/mol. The van der Waals surface area contributed by atoms with Crippen LogP contribution in [0, 0.1) is 43.3 Å². The van der Waals surface area contributed by atoms with Crippen LogP contribution in [0.3, 0.4) is 0 Å². The molecule has 2 atom stereocenters. The maximum atomic E-state index is 2.49. The summed E-state index contributed by atoms with van der Waals surface area (Å²) in [5.74, 6) is 0. The summed E-state index contributed by atoms with van der Waals surface area (Å²) < 4.78 is 0. The molecule has 2 unspecified atom stereocenters. The topological polar surface area (TPSA) is 0 Å². The zero-order chi connectivity index (χ0) is 28.4. The molecule has 0 aliphatic heterocycles. The zero-order valence-electron chi connectivity index (χ0n) is 27.6. The van der Waals surface area contributed by atoms with Crippen molar-refractivity contribution in [2.45, 2.75) is 150 Å². The van der Waals surface area contributed by atoms with E-state index in [4.69, 9.17) is 0 Å². The summed E-state index contributed by atoms with van der Waals surface area (Å²) in [6, 6.07) is 0. The van der Waals surface area contributed by atoms with Gasteiger partial charge < -0.3 is 0 Å². The summed E-state index contributed by atoms with van der Waals surface area (Å²) in [6.07, 6.45) is 8.41. The molecule has 0 amide bonds. The van der Waals surface area contributed by atoms with E-state index in [9.17, 15) is 0 Å². The van der Waals surface area contributed by atoms with Crippen LogP contribution in [0.15, 0.2) is 0 Å². The van der Waals surface area contributed by atoms with Gasteiger partial charge in [-0.25, -0.2) is 0 Å². The molecule has 216 valence electrons. The Morgan fingerprint density at radius 2 is 0.571 bits per heavy atom. The average Bonchev–Trinajstić information content (AvgIpc) is 2.52. The first-order valence-electron chi connectivity index (χ1n) is 14.2. The van der Waals surface area contributed by atoms with E-state index in [-0.39, 0.29) is 0 Å². The van der Waals surface area contributed by atoms with Gasteiger partial charge in [-0.1, -0.05) is 0 Å². The van der Waals surface area contributed by atoms with Gasteiger partial charge in [0.15, 0.2) is 0 Å². The molecule has 0 nitrogen and oxygen atoms in total. The van der Waals surface area contributed by atoms with Crippen molar-refractivity contribution in [2.75, 3.05) is 12.3 Å². The van der Waals surface area contributed by atoms with Crippen LogP contribution in [0.1, 0.15) is 150 Å². The van der Waals surface area contributed by atoms with Gasteiger partial charge in [0, 0.05) is 0 Å². The molecular formula is C32H68P2Pd. The van der Waals surface area contributed by atoms with E-state index in [0.29, 0.717) is 43.3 Å². The zero-order valence-corrected chi connectivity index (χ0v) is 31.1. The van der Waals surface area contributed by atoms with E-state index in [1.807, 2.05) is 0 Å². The summed E-state index contributed by atoms with van der Waals surface area (Å²) >= 11 is 0.982. The summed E-state index contributed by atoms with van der Waals surface area (Å²) in [4.78, 5) is 0. The van der Waals surface area contributed by atoms with Crippen molar-refractivity contribution >= 4 is 13.5 Å². The molecule has 0 fully saturated rings. The van der Waals surface area contributed by atoms with Gasteiger partial charge in [-0.3, -0.25) is 0 Å². The van der Waals surface area contributed by atoms with Crippen LogP contribution in [-0.2, 0) is 17.0 Å². The molecule has 0 rings (SSSR count). The standard InChI is InChI=1S/2C16H34P.Pd/c2*1-13(2,3)16(11-10-12-17,14(4,5)6)15(7,8)9;/h2*17H,10-12H2,1-9H3;/q2*-1;+2. The summed E-state index contributed by atoms with van der Waals surface area (Å²) in [6.45, 7) is 47.2. The third-order valence-corrected chi connectivity index (χ3v) is 18.6. The van der Waals surface area contributed by atoms with Gasteiger partial charge in [-0.05, 0) is 0 Å². The number of hydrogen-bond donors (Lipinski definition) is 0. The molecule has 0 aliphatic carbocycles. The predicted molar refractivity (Wildman–Crippen MR) is 166 cm³/mol. The van der Waals surface area contributed by atoms with Gasteiger partial charge in [0.05, 0.1) is 0 Å². The Bertz CT molecular complexity index is 493. The number of rotatable bonds is 10. The third kappa shape index (κ3) is 8.26. The van der Waals surface area contributed by atoms with Crippen molar-refractivity contribution < 1.29 is 17.0 Å². The minimum absolute atomic E-state index is 0.304. The van der Waals surface area contributed by atoms with Crippen molar-refractivity contribution in [3.05, 3.63) is 0 Å². The van der Waals surface area contributed by atoms with Crippen LogP contribution in [0.4, 0.5) is 0 Å². The second-order valence-electron chi connectivity index (χ2n) is 17.3. The molecule has 0 radical (unpaired) electrons. The Kier molecular flexibility index (Phi) is 12.9.